The van der Waals surface area contributed by atoms with Crippen molar-refractivity contribution in [3.8, 4) is 0 Å². The minimum Gasteiger partial charge on any atom is -0.390 e. The van der Waals surface area contributed by atoms with Gasteiger partial charge in [0.1, 0.15) is 6.10 Å². The third-order valence-corrected chi connectivity index (χ3v) is 4.43. The van der Waals surface area contributed by atoms with Gasteiger partial charge in [0.15, 0.2) is 0 Å². The predicted molar refractivity (Wildman–Crippen MR) is 87.1 cm³/mol. The van der Waals surface area contributed by atoms with Crippen molar-refractivity contribution in [2.75, 3.05) is 6.54 Å². The normalized spacial score (nSPS) is 23.2. The summed E-state index contributed by atoms with van der Waals surface area (Å²) in [4.78, 5) is 35.3. The Labute approximate surface area is 142 Å². The maximum atomic E-state index is 12.1. The number of carbonyl (C=O) groups excluding carboxylic acids is 3. The number of rotatable bonds is 6. The third-order valence-electron chi connectivity index (χ3n) is 3.56. The van der Waals surface area contributed by atoms with E-state index in [4.69, 9.17) is 5.73 Å². The lowest BCUT2D eigenvalue weighted by atomic mass is 9.90. The van der Waals surface area contributed by atoms with E-state index in [-0.39, 0.29) is 25.0 Å². The Morgan fingerprint density at radius 1 is 1.29 bits per heavy atom. The molecule has 1 aliphatic rings. The van der Waals surface area contributed by atoms with Gasteiger partial charge in [-0.3, -0.25) is 14.4 Å². The summed E-state index contributed by atoms with van der Waals surface area (Å²) in [6.07, 6.45) is -1.02. The molecule has 1 heterocycles. The second kappa shape index (κ2) is 8.04. The van der Waals surface area contributed by atoms with Crippen LogP contribution in [0, 0.1) is 0 Å². The molecule has 8 nitrogen and oxygen atoms in total. The zero-order chi connectivity index (χ0) is 17.7. The van der Waals surface area contributed by atoms with Gasteiger partial charge < -0.3 is 26.6 Å². The molecule has 0 spiro atoms. The van der Waals surface area contributed by atoms with Gasteiger partial charge in [0.25, 0.3) is 5.91 Å². The van der Waals surface area contributed by atoms with Crippen molar-refractivity contribution in [2.24, 2.45) is 5.73 Å². The Balaban J connectivity index is 2.04. The third kappa shape index (κ3) is 4.63. The van der Waals surface area contributed by atoms with Crippen LogP contribution in [0.4, 0.5) is 0 Å². The molecule has 6 N–H and O–H groups in total. The number of aliphatic hydroxyl groups excluding tert-OH is 2. The highest BCUT2D eigenvalue weighted by Gasteiger charge is 2.33. The van der Waals surface area contributed by atoms with E-state index in [0.717, 1.165) is 0 Å². The molecule has 130 valence electrons. The number of carbonyl (C=O) groups is 3. The summed E-state index contributed by atoms with van der Waals surface area (Å²) in [5.74, 6) is -1.41. The van der Waals surface area contributed by atoms with Crippen LogP contribution < -0.4 is 16.4 Å². The summed E-state index contributed by atoms with van der Waals surface area (Å²) >= 11 is 1.24. The van der Waals surface area contributed by atoms with Gasteiger partial charge in [-0.25, -0.2) is 0 Å². The van der Waals surface area contributed by atoms with Crippen molar-refractivity contribution in [2.45, 2.75) is 31.1 Å². The fourth-order valence-corrected chi connectivity index (χ4v) is 2.93. The van der Waals surface area contributed by atoms with Gasteiger partial charge in [0.2, 0.25) is 11.8 Å². The fourth-order valence-electron chi connectivity index (χ4n) is 2.31. The molecule has 0 radical (unpaired) electrons. The summed E-state index contributed by atoms with van der Waals surface area (Å²) in [6.45, 7) is 0.0797. The molecule has 0 bridgehead atoms. The molecule has 0 unspecified atom stereocenters. The average Bonchev–Trinajstić information content (AvgIpc) is 3.05. The van der Waals surface area contributed by atoms with Crippen LogP contribution in [0.25, 0.3) is 0 Å². The number of hydrogen-bond donors (Lipinski definition) is 5. The lowest BCUT2D eigenvalue weighted by Gasteiger charge is -2.30. The Hall–Kier alpha value is -2.23. The molecule has 3 atom stereocenters. The van der Waals surface area contributed by atoms with Gasteiger partial charge in [-0.2, -0.15) is 0 Å². The maximum Gasteiger partial charge on any atom is 0.261 e. The van der Waals surface area contributed by atoms with E-state index in [2.05, 4.69) is 10.6 Å². The van der Waals surface area contributed by atoms with Crippen LogP contribution in [0.2, 0.25) is 0 Å². The van der Waals surface area contributed by atoms with Gasteiger partial charge in [-0.15, -0.1) is 11.3 Å². The molecule has 0 aliphatic heterocycles. The molecular weight excluding hydrogens is 334 g/mol. The molecule has 0 aromatic carbocycles. The SMILES string of the molecule is NC(=O)CCNC(=O)C1=C[C@H](NC(=O)c2cccs2)[C@@H](O)[C@H](O)C1. The topological polar surface area (TPSA) is 142 Å². The summed E-state index contributed by atoms with van der Waals surface area (Å²) in [5, 5.41) is 26.8. The molecule has 9 heteroatoms. The Morgan fingerprint density at radius 3 is 2.67 bits per heavy atom. The van der Waals surface area contributed by atoms with Gasteiger partial charge >= 0.3 is 0 Å². The number of primary amides is 1. The summed E-state index contributed by atoms with van der Waals surface area (Å²) in [5.41, 5.74) is 5.23. The smallest absolute Gasteiger partial charge is 0.261 e. The van der Waals surface area contributed by atoms with E-state index in [1.54, 1.807) is 17.5 Å². The first kappa shape index (κ1) is 18.1. The van der Waals surface area contributed by atoms with E-state index < -0.39 is 36.0 Å². The van der Waals surface area contributed by atoms with Crippen LogP contribution in [-0.2, 0) is 9.59 Å². The van der Waals surface area contributed by atoms with Crippen LogP contribution in [0.3, 0.4) is 0 Å². The second-order valence-corrected chi connectivity index (χ2v) is 6.35. The molecule has 24 heavy (non-hydrogen) atoms. The van der Waals surface area contributed by atoms with Crippen LogP contribution >= 0.6 is 11.3 Å². The van der Waals surface area contributed by atoms with E-state index in [1.807, 2.05) is 0 Å². The Morgan fingerprint density at radius 2 is 2.04 bits per heavy atom. The quantitative estimate of drug-likeness (QED) is 0.441. The average molecular weight is 353 g/mol. The van der Waals surface area contributed by atoms with Gasteiger partial charge in [-0.05, 0) is 11.4 Å². The van der Waals surface area contributed by atoms with Crippen LogP contribution in [-0.4, -0.2) is 52.7 Å². The summed E-state index contributed by atoms with van der Waals surface area (Å²) < 4.78 is 0. The number of thiophene rings is 1. The number of aliphatic hydroxyl groups is 2. The number of nitrogens with one attached hydrogen (secondary N) is 2. The summed E-state index contributed by atoms with van der Waals surface area (Å²) in [7, 11) is 0. The van der Waals surface area contributed by atoms with Crippen LogP contribution in [0.5, 0.6) is 0 Å². The molecule has 1 aromatic rings. The van der Waals surface area contributed by atoms with E-state index >= 15 is 0 Å². The minimum absolute atomic E-state index is 0.00272. The van der Waals surface area contributed by atoms with Crippen molar-refractivity contribution in [3.63, 3.8) is 0 Å². The van der Waals surface area contributed by atoms with Gasteiger partial charge in [0, 0.05) is 25.0 Å². The maximum absolute atomic E-state index is 12.1. The molecule has 1 aliphatic carbocycles. The lowest BCUT2D eigenvalue weighted by Crippen LogP contribution is -2.51. The lowest BCUT2D eigenvalue weighted by molar-refractivity contribution is -0.119. The second-order valence-electron chi connectivity index (χ2n) is 5.40. The zero-order valence-corrected chi connectivity index (χ0v) is 13.6. The van der Waals surface area contributed by atoms with Crippen molar-refractivity contribution in [1.29, 1.82) is 0 Å². The number of hydrogen-bond acceptors (Lipinski definition) is 6. The summed E-state index contributed by atoms with van der Waals surface area (Å²) in [6, 6.07) is 2.46. The number of amides is 3. The first-order chi connectivity index (χ1) is 11.4. The molecule has 3 amide bonds. The standard InChI is InChI=1S/C15H19N3O5S/c16-12(20)3-4-17-14(22)8-6-9(13(21)10(19)7-8)18-15(23)11-2-1-5-24-11/h1-2,5-6,9-10,13,19,21H,3-4,7H2,(H2,16,20)(H,17,22)(H,18,23)/t9-,10+,13+/m0/s1. The first-order valence-electron chi connectivity index (χ1n) is 7.36. The molecule has 0 saturated carbocycles. The van der Waals surface area contributed by atoms with Crippen LogP contribution in [0.15, 0.2) is 29.2 Å². The molecule has 0 saturated heterocycles. The fraction of sp³-hybridized carbons (Fsp3) is 0.400. The van der Waals surface area contributed by atoms with E-state index in [0.29, 0.717) is 4.88 Å². The molecule has 1 aromatic heterocycles. The zero-order valence-electron chi connectivity index (χ0n) is 12.8. The van der Waals surface area contributed by atoms with Gasteiger partial charge in [-0.1, -0.05) is 12.1 Å². The van der Waals surface area contributed by atoms with Crippen LogP contribution in [0.1, 0.15) is 22.5 Å². The highest BCUT2D eigenvalue weighted by Crippen LogP contribution is 2.20. The highest BCUT2D eigenvalue weighted by molar-refractivity contribution is 7.12. The number of nitrogens with two attached hydrogens (primary N) is 1. The van der Waals surface area contributed by atoms with E-state index in [1.165, 1.54) is 17.4 Å². The van der Waals surface area contributed by atoms with Crippen molar-refractivity contribution < 1.29 is 24.6 Å². The predicted octanol–water partition coefficient (Wildman–Crippen LogP) is -1.11. The monoisotopic (exact) mass is 353 g/mol. The van der Waals surface area contributed by atoms with Crippen molar-refractivity contribution in [3.05, 3.63) is 34.0 Å². The Bertz CT molecular complexity index is 644. The van der Waals surface area contributed by atoms with E-state index in [9.17, 15) is 24.6 Å². The molecule has 2 rings (SSSR count). The van der Waals surface area contributed by atoms with Gasteiger partial charge in [0.05, 0.1) is 17.0 Å². The van der Waals surface area contributed by atoms with Crippen molar-refractivity contribution >= 4 is 29.1 Å². The molecular formula is C15H19N3O5S. The minimum atomic E-state index is -1.21. The molecule has 0 fully saturated rings. The van der Waals surface area contributed by atoms with Crippen molar-refractivity contribution in [1.82, 2.24) is 10.6 Å². The largest absolute Gasteiger partial charge is 0.390 e. The Kier molecular flexibility index (Phi) is 6.07. The first-order valence-corrected chi connectivity index (χ1v) is 8.24. The highest BCUT2D eigenvalue weighted by atomic mass is 32.1.